The van der Waals surface area contributed by atoms with Crippen LogP contribution in [0.3, 0.4) is 0 Å². The molecule has 0 aliphatic carbocycles. The summed E-state index contributed by atoms with van der Waals surface area (Å²) in [5.74, 6) is -0.236. The maximum atomic E-state index is 11.0. The molecule has 2 aromatic carbocycles. The molecule has 0 amide bonds. The molecule has 0 bridgehead atoms. The zero-order valence-electron chi connectivity index (χ0n) is 11.6. The zero-order chi connectivity index (χ0) is 14.8. The van der Waals surface area contributed by atoms with Crippen LogP contribution in [-0.2, 0) is 6.61 Å². The van der Waals surface area contributed by atoms with Crippen LogP contribution in [0.5, 0.6) is 5.75 Å². The van der Waals surface area contributed by atoms with Crippen LogP contribution >= 0.6 is 0 Å². The van der Waals surface area contributed by atoms with Crippen LogP contribution in [0.2, 0.25) is 0 Å². The molecule has 0 saturated carbocycles. The fraction of sp³-hybridized carbons (Fsp3) is 0.118. The van der Waals surface area contributed by atoms with E-state index in [0.29, 0.717) is 6.61 Å². The van der Waals surface area contributed by atoms with Gasteiger partial charge in [0.05, 0.1) is 0 Å². The second-order valence-corrected chi connectivity index (χ2v) is 4.96. The number of carboxylic acids is 1. The van der Waals surface area contributed by atoms with Crippen molar-refractivity contribution >= 4 is 16.9 Å². The van der Waals surface area contributed by atoms with Crippen molar-refractivity contribution in [2.24, 2.45) is 0 Å². The van der Waals surface area contributed by atoms with Crippen LogP contribution in [0, 0.1) is 6.92 Å². The van der Waals surface area contributed by atoms with Crippen LogP contribution < -0.4 is 4.74 Å². The minimum absolute atomic E-state index is 0.188. The molecule has 0 saturated heterocycles. The van der Waals surface area contributed by atoms with Crippen molar-refractivity contribution in [2.45, 2.75) is 13.5 Å². The average Bonchev–Trinajstić information content (AvgIpc) is 2.91. The molecule has 3 rings (SSSR count). The monoisotopic (exact) mass is 281 g/mol. The first kappa shape index (κ1) is 13.2. The minimum atomic E-state index is -0.961. The van der Waals surface area contributed by atoms with Crippen LogP contribution in [-0.4, -0.2) is 16.1 Å². The highest BCUT2D eigenvalue weighted by Gasteiger charge is 2.10. The molecule has 4 heteroatoms. The summed E-state index contributed by atoms with van der Waals surface area (Å²) in [6.45, 7) is 2.43. The molecule has 0 aliphatic rings. The highest BCUT2D eigenvalue weighted by Crippen LogP contribution is 2.26. The van der Waals surface area contributed by atoms with Crippen LogP contribution in [0.15, 0.2) is 48.5 Å². The van der Waals surface area contributed by atoms with Gasteiger partial charge in [-0.25, -0.2) is 4.79 Å². The maximum Gasteiger partial charge on any atom is 0.352 e. The minimum Gasteiger partial charge on any atom is -0.489 e. The molecule has 106 valence electrons. The number of carboxylic acid groups (broad SMARTS) is 1. The highest BCUT2D eigenvalue weighted by atomic mass is 16.5. The Morgan fingerprint density at radius 1 is 1.19 bits per heavy atom. The Morgan fingerprint density at radius 3 is 2.67 bits per heavy atom. The largest absolute Gasteiger partial charge is 0.489 e. The van der Waals surface area contributed by atoms with Gasteiger partial charge in [-0.3, -0.25) is 0 Å². The molecule has 2 N–H and O–H groups in total. The van der Waals surface area contributed by atoms with Gasteiger partial charge in [-0.2, -0.15) is 0 Å². The van der Waals surface area contributed by atoms with Gasteiger partial charge in [0.15, 0.2) is 0 Å². The first-order valence-corrected chi connectivity index (χ1v) is 6.67. The van der Waals surface area contributed by atoms with Gasteiger partial charge in [-0.1, -0.05) is 30.3 Å². The molecule has 0 spiro atoms. The second kappa shape index (κ2) is 5.32. The Kier molecular flexibility index (Phi) is 3.36. The summed E-state index contributed by atoms with van der Waals surface area (Å²) >= 11 is 0. The van der Waals surface area contributed by atoms with Crippen LogP contribution in [0.25, 0.3) is 10.9 Å². The number of hydrogen-bond acceptors (Lipinski definition) is 2. The number of hydrogen-bond donors (Lipinski definition) is 2. The van der Waals surface area contributed by atoms with E-state index in [1.165, 1.54) is 0 Å². The number of nitrogens with one attached hydrogen (secondary N) is 1. The molecule has 1 heterocycles. The second-order valence-electron chi connectivity index (χ2n) is 4.96. The number of ether oxygens (including phenoxy) is 1. The van der Waals surface area contributed by atoms with Crippen molar-refractivity contribution in [3.63, 3.8) is 0 Å². The standard InChI is InChI=1S/C17H15NO3/c1-11-7-13(21-10-12-5-3-2-4-6-12)8-15-14(11)9-16(18-15)17(19)20/h2-9,18H,10H2,1H3,(H,19,20). The predicted octanol–water partition coefficient (Wildman–Crippen LogP) is 3.75. The molecule has 0 fully saturated rings. The van der Waals surface area contributed by atoms with E-state index < -0.39 is 5.97 Å². The number of benzene rings is 2. The van der Waals surface area contributed by atoms with Crippen molar-refractivity contribution in [2.75, 3.05) is 0 Å². The zero-order valence-corrected chi connectivity index (χ0v) is 11.6. The third-order valence-corrected chi connectivity index (χ3v) is 3.40. The van der Waals surface area contributed by atoms with E-state index in [-0.39, 0.29) is 5.69 Å². The number of aromatic amines is 1. The molecule has 21 heavy (non-hydrogen) atoms. The Labute approximate surface area is 122 Å². The summed E-state index contributed by atoms with van der Waals surface area (Å²) < 4.78 is 5.78. The number of H-pyrrole nitrogens is 1. The molecule has 0 aliphatic heterocycles. The summed E-state index contributed by atoms with van der Waals surface area (Å²) in [6, 6.07) is 15.3. The van der Waals surface area contributed by atoms with Gasteiger partial charge in [-0.15, -0.1) is 0 Å². The summed E-state index contributed by atoms with van der Waals surface area (Å²) in [7, 11) is 0. The predicted molar refractivity (Wildman–Crippen MR) is 80.8 cm³/mol. The fourth-order valence-corrected chi connectivity index (χ4v) is 2.33. The number of fused-ring (bicyclic) bond motifs is 1. The lowest BCUT2D eigenvalue weighted by Gasteiger charge is -2.08. The number of aromatic carboxylic acids is 1. The summed E-state index contributed by atoms with van der Waals surface area (Å²) in [5, 5.41) is 9.94. The Morgan fingerprint density at radius 2 is 1.95 bits per heavy atom. The number of rotatable bonds is 4. The molecule has 1 aromatic heterocycles. The molecule has 0 atom stereocenters. The number of aromatic nitrogens is 1. The van der Waals surface area contributed by atoms with E-state index in [1.54, 1.807) is 6.07 Å². The van der Waals surface area contributed by atoms with Crippen molar-refractivity contribution in [3.05, 3.63) is 65.4 Å². The Balaban J connectivity index is 1.88. The average molecular weight is 281 g/mol. The molecule has 4 nitrogen and oxygen atoms in total. The van der Waals surface area contributed by atoms with Crippen molar-refractivity contribution in [1.82, 2.24) is 4.98 Å². The van der Waals surface area contributed by atoms with E-state index in [4.69, 9.17) is 9.84 Å². The van der Waals surface area contributed by atoms with E-state index in [2.05, 4.69) is 4.98 Å². The van der Waals surface area contributed by atoms with Gasteiger partial charge in [-0.05, 0) is 30.2 Å². The van der Waals surface area contributed by atoms with E-state index in [0.717, 1.165) is 27.8 Å². The Hall–Kier alpha value is -2.75. The van der Waals surface area contributed by atoms with Gasteiger partial charge in [0, 0.05) is 17.0 Å². The lowest BCUT2D eigenvalue weighted by molar-refractivity contribution is 0.0691. The Bertz CT molecular complexity index is 790. The van der Waals surface area contributed by atoms with Gasteiger partial charge in [0.1, 0.15) is 18.1 Å². The lowest BCUT2D eigenvalue weighted by atomic mass is 10.1. The van der Waals surface area contributed by atoms with Crippen LogP contribution in [0.1, 0.15) is 21.6 Å². The molecule has 0 unspecified atom stereocenters. The lowest BCUT2D eigenvalue weighted by Crippen LogP contribution is -1.95. The molecule has 0 radical (unpaired) electrons. The van der Waals surface area contributed by atoms with Crippen molar-refractivity contribution < 1.29 is 14.6 Å². The van der Waals surface area contributed by atoms with E-state index in [1.807, 2.05) is 49.4 Å². The summed E-state index contributed by atoms with van der Waals surface area (Å²) in [6.07, 6.45) is 0. The molecular weight excluding hydrogens is 266 g/mol. The first-order valence-electron chi connectivity index (χ1n) is 6.67. The SMILES string of the molecule is Cc1cc(OCc2ccccc2)cc2[nH]c(C(=O)O)cc12. The van der Waals surface area contributed by atoms with Crippen LogP contribution in [0.4, 0.5) is 0 Å². The normalized spacial score (nSPS) is 10.7. The topological polar surface area (TPSA) is 62.3 Å². The van der Waals surface area contributed by atoms with Gasteiger partial charge in [0.25, 0.3) is 0 Å². The smallest absolute Gasteiger partial charge is 0.352 e. The van der Waals surface area contributed by atoms with Crippen molar-refractivity contribution in [3.8, 4) is 5.75 Å². The third kappa shape index (κ3) is 2.74. The van der Waals surface area contributed by atoms with Gasteiger partial charge in [0.2, 0.25) is 0 Å². The van der Waals surface area contributed by atoms with Gasteiger partial charge >= 0.3 is 5.97 Å². The maximum absolute atomic E-state index is 11.0. The third-order valence-electron chi connectivity index (χ3n) is 3.40. The quantitative estimate of drug-likeness (QED) is 0.765. The summed E-state index contributed by atoms with van der Waals surface area (Å²) in [5.41, 5.74) is 3.04. The molecule has 3 aromatic rings. The number of carbonyl (C=O) groups is 1. The van der Waals surface area contributed by atoms with E-state index in [9.17, 15) is 4.79 Å². The fourth-order valence-electron chi connectivity index (χ4n) is 2.33. The van der Waals surface area contributed by atoms with E-state index >= 15 is 0 Å². The number of aryl methyl sites for hydroxylation is 1. The highest BCUT2D eigenvalue weighted by molar-refractivity contribution is 5.95. The first-order chi connectivity index (χ1) is 10.1. The summed E-state index contributed by atoms with van der Waals surface area (Å²) in [4.78, 5) is 13.9. The van der Waals surface area contributed by atoms with Crippen molar-refractivity contribution in [1.29, 1.82) is 0 Å². The molecular formula is C17H15NO3. The van der Waals surface area contributed by atoms with Gasteiger partial charge < -0.3 is 14.8 Å².